The molecule has 1 aliphatic carbocycles. The van der Waals surface area contributed by atoms with Gasteiger partial charge in [0.1, 0.15) is 6.61 Å². The van der Waals surface area contributed by atoms with Crippen molar-refractivity contribution in [3.63, 3.8) is 0 Å². The van der Waals surface area contributed by atoms with Crippen LogP contribution in [0.1, 0.15) is 31.7 Å². The van der Waals surface area contributed by atoms with Crippen molar-refractivity contribution in [1.29, 1.82) is 0 Å². The fourth-order valence-corrected chi connectivity index (χ4v) is 2.90. The summed E-state index contributed by atoms with van der Waals surface area (Å²) in [6.45, 7) is 3.38. The normalized spacial score (nSPS) is 24.3. The van der Waals surface area contributed by atoms with Crippen LogP contribution in [0.2, 0.25) is 0 Å². The van der Waals surface area contributed by atoms with E-state index in [-0.39, 0.29) is 6.09 Å². The lowest BCUT2D eigenvalue weighted by Crippen LogP contribution is -2.34. The van der Waals surface area contributed by atoms with Crippen LogP contribution in [0.3, 0.4) is 0 Å². The third kappa shape index (κ3) is 2.22. The maximum Gasteiger partial charge on any atom is 0.410 e. The SMILES string of the molecule is C[C@@H]1CC2(CC2)CN1C(=O)OCc1ccccc1. The van der Waals surface area contributed by atoms with E-state index in [9.17, 15) is 4.79 Å². The van der Waals surface area contributed by atoms with E-state index in [0.717, 1.165) is 18.5 Å². The molecule has 1 heterocycles. The number of amides is 1. The van der Waals surface area contributed by atoms with Crippen LogP contribution in [0.5, 0.6) is 0 Å². The van der Waals surface area contributed by atoms with Crippen molar-refractivity contribution in [1.82, 2.24) is 4.90 Å². The topological polar surface area (TPSA) is 29.5 Å². The van der Waals surface area contributed by atoms with Gasteiger partial charge in [-0.1, -0.05) is 30.3 Å². The van der Waals surface area contributed by atoms with E-state index in [4.69, 9.17) is 4.74 Å². The predicted molar refractivity (Wildman–Crippen MR) is 69.1 cm³/mol. The molecule has 1 aromatic carbocycles. The first-order valence-electron chi connectivity index (χ1n) is 6.66. The Hall–Kier alpha value is -1.51. The first-order chi connectivity index (χ1) is 8.69. The number of ether oxygens (including phenoxy) is 1. The van der Waals surface area contributed by atoms with Crippen LogP contribution >= 0.6 is 0 Å². The van der Waals surface area contributed by atoms with Gasteiger partial charge in [0.05, 0.1) is 0 Å². The van der Waals surface area contributed by atoms with E-state index in [0.29, 0.717) is 18.1 Å². The fourth-order valence-electron chi connectivity index (χ4n) is 2.90. The molecule has 3 nitrogen and oxygen atoms in total. The summed E-state index contributed by atoms with van der Waals surface area (Å²) in [5, 5.41) is 0. The fraction of sp³-hybridized carbons (Fsp3) is 0.533. The van der Waals surface area contributed by atoms with Gasteiger partial charge in [0, 0.05) is 12.6 Å². The summed E-state index contributed by atoms with van der Waals surface area (Å²) in [5.74, 6) is 0. The average Bonchev–Trinajstić information content (AvgIpc) is 3.05. The second kappa shape index (κ2) is 4.30. The Morgan fingerprint density at radius 3 is 2.72 bits per heavy atom. The van der Waals surface area contributed by atoms with E-state index in [1.807, 2.05) is 35.2 Å². The van der Waals surface area contributed by atoms with Crippen molar-refractivity contribution in [2.24, 2.45) is 5.41 Å². The molecule has 0 radical (unpaired) electrons. The van der Waals surface area contributed by atoms with Gasteiger partial charge < -0.3 is 9.64 Å². The quantitative estimate of drug-likeness (QED) is 0.800. The maximum absolute atomic E-state index is 12.0. The van der Waals surface area contributed by atoms with E-state index in [1.54, 1.807) is 0 Å². The summed E-state index contributed by atoms with van der Waals surface area (Å²) in [7, 11) is 0. The minimum Gasteiger partial charge on any atom is -0.445 e. The highest BCUT2D eigenvalue weighted by Crippen LogP contribution is 2.54. The van der Waals surface area contributed by atoms with Crippen molar-refractivity contribution in [3.8, 4) is 0 Å². The van der Waals surface area contributed by atoms with Crippen LogP contribution < -0.4 is 0 Å². The van der Waals surface area contributed by atoms with E-state index in [1.165, 1.54) is 12.8 Å². The van der Waals surface area contributed by atoms with Crippen LogP contribution in [-0.4, -0.2) is 23.6 Å². The molecule has 2 aliphatic rings. The van der Waals surface area contributed by atoms with Gasteiger partial charge in [0.15, 0.2) is 0 Å². The number of rotatable bonds is 2. The third-order valence-electron chi connectivity index (χ3n) is 4.16. The highest BCUT2D eigenvalue weighted by molar-refractivity contribution is 5.68. The van der Waals surface area contributed by atoms with Gasteiger partial charge in [-0.2, -0.15) is 0 Å². The highest BCUT2D eigenvalue weighted by Gasteiger charge is 2.52. The summed E-state index contributed by atoms with van der Waals surface area (Å²) in [6, 6.07) is 10.2. The predicted octanol–water partition coefficient (Wildman–Crippen LogP) is 3.20. The van der Waals surface area contributed by atoms with Crippen LogP contribution in [0.25, 0.3) is 0 Å². The smallest absolute Gasteiger partial charge is 0.410 e. The molecule has 1 saturated carbocycles. The zero-order valence-corrected chi connectivity index (χ0v) is 10.8. The Labute approximate surface area is 108 Å². The molecule has 0 N–H and O–H groups in total. The first-order valence-corrected chi connectivity index (χ1v) is 6.66. The molecule has 2 fully saturated rings. The number of hydrogen-bond acceptors (Lipinski definition) is 2. The van der Waals surface area contributed by atoms with Crippen LogP contribution in [0, 0.1) is 5.41 Å². The second-order valence-electron chi connectivity index (χ2n) is 5.72. The Kier molecular flexibility index (Phi) is 2.77. The van der Waals surface area contributed by atoms with Crippen LogP contribution in [0.15, 0.2) is 30.3 Å². The minimum absolute atomic E-state index is 0.157. The van der Waals surface area contributed by atoms with E-state index >= 15 is 0 Å². The Bertz CT molecular complexity index is 439. The summed E-state index contributed by atoms with van der Waals surface area (Å²) in [6.07, 6.45) is 3.54. The molecular formula is C15H19NO2. The zero-order valence-electron chi connectivity index (χ0n) is 10.8. The van der Waals surface area contributed by atoms with E-state index in [2.05, 4.69) is 6.92 Å². The lowest BCUT2D eigenvalue weighted by atomic mass is 10.0. The van der Waals surface area contributed by atoms with Gasteiger partial charge in [-0.25, -0.2) is 4.79 Å². The molecule has 1 saturated heterocycles. The van der Waals surface area contributed by atoms with Crippen molar-refractivity contribution in [2.75, 3.05) is 6.54 Å². The van der Waals surface area contributed by atoms with Gasteiger partial charge >= 0.3 is 6.09 Å². The number of nitrogens with zero attached hydrogens (tertiary/aromatic N) is 1. The average molecular weight is 245 g/mol. The number of carbonyl (C=O) groups is 1. The monoisotopic (exact) mass is 245 g/mol. The molecule has 0 bridgehead atoms. The summed E-state index contributed by atoms with van der Waals surface area (Å²) >= 11 is 0. The molecular weight excluding hydrogens is 226 g/mol. The van der Waals surface area contributed by atoms with Gasteiger partial charge in [0.25, 0.3) is 0 Å². The zero-order chi connectivity index (χ0) is 12.6. The molecule has 96 valence electrons. The van der Waals surface area contributed by atoms with Gasteiger partial charge in [0.2, 0.25) is 0 Å². The number of likely N-dealkylation sites (tertiary alicyclic amines) is 1. The standard InChI is InChI=1S/C15H19NO2/c1-12-9-15(7-8-15)11-16(12)14(17)18-10-13-5-3-2-4-6-13/h2-6,12H,7-11H2,1H3/t12-/m1/s1. The molecule has 3 rings (SSSR count). The Morgan fingerprint density at radius 1 is 1.39 bits per heavy atom. The van der Waals surface area contributed by atoms with Gasteiger partial charge in [-0.15, -0.1) is 0 Å². The molecule has 1 atom stereocenters. The summed E-state index contributed by atoms with van der Waals surface area (Å²) in [4.78, 5) is 13.9. The molecule has 1 spiro atoms. The Balaban J connectivity index is 1.55. The van der Waals surface area contributed by atoms with Crippen molar-refractivity contribution in [2.45, 2.75) is 38.8 Å². The first kappa shape index (κ1) is 11.6. The van der Waals surface area contributed by atoms with Crippen LogP contribution in [-0.2, 0) is 11.3 Å². The number of benzene rings is 1. The largest absolute Gasteiger partial charge is 0.445 e. The second-order valence-corrected chi connectivity index (χ2v) is 5.72. The third-order valence-corrected chi connectivity index (χ3v) is 4.16. The van der Waals surface area contributed by atoms with Crippen molar-refractivity contribution < 1.29 is 9.53 Å². The molecule has 1 amide bonds. The molecule has 1 aliphatic heterocycles. The lowest BCUT2D eigenvalue weighted by molar-refractivity contribution is 0.0932. The molecule has 1 aromatic rings. The molecule has 3 heteroatoms. The number of carbonyl (C=O) groups excluding carboxylic acids is 1. The van der Waals surface area contributed by atoms with Crippen LogP contribution in [0.4, 0.5) is 4.79 Å². The lowest BCUT2D eigenvalue weighted by Gasteiger charge is -2.20. The summed E-state index contributed by atoms with van der Waals surface area (Å²) < 4.78 is 5.39. The van der Waals surface area contributed by atoms with Crippen molar-refractivity contribution in [3.05, 3.63) is 35.9 Å². The molecule has 0 unspecified atom stereocenters. The maximum atomic E-state index is 12.0. The minimum atomic E-state index is -0.157. The van der Waals surface area contributed by atoms with E-state index < -0.39 is 0 Å². The molecule has 18 heavy (non-hydrogen) atoms. The Morgan fingerprint density at radius 2 is 2.11 bits per heavy atom. The summed E-state index contributed by atoms with van der Waals surface area (Å²) in [5.41, 5.74) is 1.49. The van der Waals surface area contributed by atoms with Crippen molar-refractivity contribution >= 4 is 6.09 Å². The number of hydrogen-bond donors (Lipinski definition) is 0. The highest BCUT2D eigenvalue weighted by atomic mass is 16.6. The molecule has 0 aromatic heterocycles. The van der Waals surface area contributed by atoms with Gasteiger partial charge in [-0.3, -0.25) is 0 Å². The van der Waals surface area contributed by atoms with Gasteiger partial charge in [-0.05, 0) is 37.2 Å².